The van der Waals surface area contributed by atoms with E-state index in [1.54, 1.807) is 0 Å². The lowest BCUT2D eigenvalue weighted by Gasteiger charge is -2.43. The molecule has 4 N–H and O–H groups in total. The molecule has 2 aliphatic rings. The van der Waals surface area contributed by atoms with Crippen molar-refractivity contribution in [3.8, 4) is 0 Å². The summed E-state index contributed by atoms with van der Waals surface area (Å²) in [6.45, 7) is 17.9. The number of nitrogens with two attached hydrogens (primary N) is 2. The summed E-state index contributed by atoms with van der Waals surface area (Å²) in [7, 11) is 0. The molecule has 0 aliphatic carbocycles. The van der Waals surface area contributed by atoms with E-state index >= 15 is 0 Å². The van der Waals surface area contributed by atoms with E-state index in [9.17, 15) is 4.79 Å². The number of rotatable bonds is 12. The zero-order valence-corrected chi connectivity index (χ0v) is 26.7. The van der Waals surface area contributed by atoms with Crippen LogP contribution in [0.15, 0.2) is 30.3 Å². The van der Waals surface area contributed by atoms with Gasteiger partial charge < -0.3 is 30.9 Å². The van der Waals surface area contributed by atoms with Gasteiger partial charge in [-0.1, -0.05) is 32.9 Å². The predicted octanol–water partition coefficient (Wildman–Crippen LogP) is 4.77. The van der Waals surface area contributed by atoms with Crippen molar-refractivity contribution in [2.75, 3.05) is 54.9 Å². The number of aromatic nitrogens is 2. The number of benzene rings is 1. The van der Waals surface area contributed by atoms with Gasteiger partial charge >= 0.3 is 0 Å². The molecule has 0 bridgehead atoms. The second-order valence-corrected chi connectivity index (χ2v) is 13.7. The minimum absolute atomic E-state index is 0.0482. The first-order valence-corrected chi connectivity index (χ1v) is 15.7. The Morgan fingerprint density at radius 3 is 2.55 bits per heavy atom. The first kappa shape index (κ1) is 32.0. The molecular weight excluding hydrogens is 526 g/mol. The Morgan fingerprint density at radius 2 is 1.86 bits per heavy atom. The number of anilines is 3. The standard InChI is InChI=1S/C33H53N7O2/c1-24-12-17-38(21-24)27-10-7-9-26(20-27)22-40(30(41)32(3,4)14-18-42-33(5,6)13-15-34)28-11-8-16-39(23-28)29-19-25(2)36-31(35)37-29/h7,9-10,19-20,24,28H,8,11-18,21-23,34H2,1-6H3,(H2,35,36,37)/t24?,28-/m1/s1. The van der Waals surface area contributed by atoms with Crippen molar-refractivity contribution in [2.24, 2.45) is 17.1 Å². The van der Waals surface area contributed by atoms with Crippen molar-refractivity contribution >= 4 is 23.4 Å². The number of hydrogen-bond donors (Lipinski definition) is 2. The van der Waals surface area contributed by atoms with Crippen molar-refractivity contribution in [3.63, 3.8) is 0 Å². The summed E-state index contributed by atoms with van der Waals surface area (Å²) in [6.07, 6.45) is 4.56. The van der Waals surface area contributed by atoms with Crippen LogP contribution in [0.5, 0.6) is 0 Å². The molecule has 2 saturated heterocycles. The molecule has 2 fully saturated rings. The Labute approximate surface area is 253 Å². The average molecular weight is 580 g/mol. The SMILES string of the molecule is Cc1cc(N2CCC[C@@H](N(Cc3cccc(N4CCC(C)C4)c3)C(=O)C(C)(C)CCOC(C)(C)CCN)C2)nc(N)n1. The lowest BCUT2D eigenvalue weighted by atomic mass is 9.86. The number of aryl methyl sites for hydroxylation is 1. The number of amides is 1. The lowest BCUT2D eigenvalue weighted by Crippen LogP contribution is -2.53. The molecule has 9 heteroatoms. The highest BCUT2D eigenvalue weighted by Gasteiger charge is 2.38. The number of piperidine rings is 1. The van der Waals surface area contributed by atoms with Crippen LogP contribution in [-0.4, -0.2) is 71.7 Å². The van der Waals surface area contributed by atoms with Gasteiger partial charge in [0.15, 0.2) is 0 Å². The molecule has 3 heterocycles. The maximum atomic E-state index is 14.5. The Kier molecular flexibility index (Phi) is 10.4. The van der Waals surface area contributed by atoms with Crippen LogP contribution >= 0.6 is 0 Å². The smallest absolute Gasteiger partial charge is 0.228 e. The van der Waals surface area contributed by atoms with E-state index in [2.05, 4.69) is 83.6 Å². The lowest BCUT2D eigenvalue weighted by molar-refractivity contribution is -0.146. The number of ether oxygens (including phenoxy) is 1. The Morgan fingerprint density at radius 1 is 1.07 bits per heavy atom. The molecule has 1 aromatic carbocycles. The molecular formula is C33H53N7O2. The van der Waals surface area contributed by atoms with Gasteiger partial charge in [-0.25, -0.2) is 4.98 Å². The van der Waals surface area contributed by atoms with E-state index in [1.165, 1.54) is 12.1 Å². The van der Waals surface area contributed by atoms with Gasteiger partial charge in [0.2, 0.25) is 11.9 Å². The number of carbonyl (C=O) groups excluding carboxylic acids is 1. The number of hydrogen-bond acceptors (Lipinski definition) is 8. The van der Waals surface area contributed by atoms with Gasteiger partial charge in [0.1, 0.15) is 5.82 Å². The Bertz CT molecular complexity index is 1180. The molecule has 1 amide bonds. The summed E-state index contributed by atoms with van der Waals surface area (Å²) >= 11 is 0. The summed E-state index contributed by atoms with van der Waals surface area (Å²) in [5.74, 6) is 1.98. The largest absolute Gasteiger partial charge is 0.375 e. The third-order valence-corrected chi connectivity index (χ3v) is 8.88. The third kappa shape index (κ3) is 8.34. The molecule has 0 spiro atoms. The molecule has 4 rings (SSSR count). The molecule has 9 nitrogen and oxygen atoms in total. The van der Waals surface area contributed by atoms with Gasteiger partial charge in [0, 0.05) is 68.2 Å². The van der Waals surface area contributed by atoms with Gasteiger partial charge in [0.05, 0.1) is 5.60 Å². The summed E-state index contributed by atoms with van der Waals surface area (Å²) in [6, 6.07) is 10.8. The van der Waals surface area contributed by atoms with Crippen LogP contribution in [0, 0.1) is 18.3 Å². The van der Waals surface area contributed by atoms with Crippen molar-refractivity contribution < 1.29 is 9.53 Å². The Hall–Kier alpha value is -2.91. The number of nitrogen functional groups attached to an aromatic ring is 1. The van der Waals surface area contributed by atoms with E-state index in [4.69, 9.17) is 16.2 Å². The average Bonchev–Trinajstić information content (AvgIpc) is 3.37. The van der Waals surface area contributed by atoms with E-state index in [-0.39, 0.29) is 23.5 Å². The summed E-state index contributed by atoms with van der Waals surface area (Å²) in [5.41, 5.74) is 14.2. The fraction of sp³-hybridized carbons (Fsp3) is 0.667. The minimum Gasteiger partial charge on any atom is -0.375 e. The summed E-state index contributed by atoms with van der Waals surface area (Å²) < 4.78 is 6.19. The van der Waals surface area contributed by atoms with Gasteiger partial charge in [-0.15, -0.1) is 0 Å². The highest BCUT2D eigenvalue weighted by molar-refractivity contribution is 5.82. The summed E-state index contributed by atoms with van der Waals surface area (Å²) in [5, 5.41) is 0. The van der Waals surface area contributed by atoms with E-state index in [0.29, 0.717) is 38.6 Å². The quantitative estimate of drug-likeness (QED) is 0.370. The normalized spacial score (nSPS) is 19.8. The van der Waals surface area contributed by atoms with Crippen molar-refractivity contribution in [3.05, 3.63) is 41.6 Å². The molecule has 1 unspecified atom stereocenters. The van der Waals surface area contributed by atoms with Crippen LogP contribution in [0.3, 0.4) is 0 Å². The third-order valence-electron chi connectivity index (χ3n) is 8.88. The van der Waals surface area contributed by atoms with Crippen molar-refractivity contribution in [1.82, 2.24) is 14.9 Å². The van der Waals surface area contributed by atoms with Crippen LogP contribution < -0.4 is 21.3 Å². The fourth-order valence-electron chi connectivity index (χ4n) is 6.24. The summed E-state index contributed by atoms with van der Waals surface area (Å²) in [4.78, 5) is 30.1. The maximum Gasteiger partial charge on any atom is 0.228 e. The number of carbonyl (C=O) groups is 1. The van der Waals surface area contributed by atoms with Crippen LogP contribution in [0.25, 0.3) is 0 Å². The maximum absolute atomic E-state index is 14.5. The molecule has 0 saturated carbocycles. The number of nitrogens with zero attached hydrogens (tertiary/aromatic N) is 5. The van der Waals surface area contributed by atoms with Crippen molar-refractivity contribution in [1.29, 1.82) is 0 Å². The molecule has 232 valence electrons. The van der Waals surface area contributed by atoms with Gasteiger partial charge in [-0.3, -0.25) is 4.79 Å². The predicted molar refractivity (Wildman–Crippen MR) is 172 cm³/mol. The van der Waals surface area contributed by atoms with Gasteiger partial charge in [-0.2, -0.15) is 4.98 Å². The van der Waals surface area contributed by atoms with Crippen LogP contribution in [-0.2, 0) is 16.1 Å². The zero-order valence-electron chi connectivity index (χ0n) is 26.7. The highest BCUT2D eigenvalue weighted by atomic mass is 16.5. The molecule has 2 aromatic rings. The van der Waals surface area contributed by atoms with Crippen LogP contribution in [0.1, 0.15) is 78.0 Å². The first-order valence-electron chi connectivity index (χ1n) is 15.7. The zero-order chi connectivity index (χ0) is 30.5. The topological polar surface area (TPSA) is 114 Å². The van der Waals surface area contributed by atoms with Gasteiger partial charge in [0.25, 0.3) is 0 Å². The van der Waals surface area contributed by atoms with E-state index < -0.39 is 5.41 Å². The first-order chi connectivity index (χ1) is 19.9. The van der Waals surface area contributed by atoms with Crippen LogP contribution in [0.2, 0.25) is 0 Å². The molecule has 0 radical (unpaired) electrons. The second kappa shape index (κ2) is 13.6. The van der Waals surface area contributed by atoms with Gasteiger partial charge in [-0.05, 0) is 83.0 Å². The Balaban J connectivity index is 1.57. The second-order valence-electron chi connectivity index (χ2n) is 13.7. The monoisotopic (exact) mass is 579 g/mol. The van der Waals surface area contributed by atoms with E-state index in [0.717, 1.165) is 56.0 Å². The minimum atomic E-state index is -0.584. The molecule has 2 aliphatic heterocycles. The van der Waals surface area contributed by atoms with E-state index in [1.807, 2.05) is 13.0 Å². The van der Waals surface area contributed by atoms with Crippen LogP contribution in [0.4, 0.5) is 17.5 Å². The molecule has 42 heavy (non-hydrogen) atoms. The molecule has 1 aromatic heterocycles. The van der Waals surface area contributed by atoms with Crippen molar-refractivity contribution in [2.45, 2.75) is 91.8 Å². The highest BCUT2D eigenvalue weighted by Crippen LogP contribution is 2.32. The molecule has 2 atom stereocenters. The fourth-order valence-corrected chi connectivity index (χ4v) is 6.24.